The second-order valence-corrected chi connectivity index (χ2v) is 8.05. The van der Waals surface area contributed by atoms with Gasteiger partial charge in [-0.2, -0.15) is 5.10 Å². The minimum absolute atomic E-state index is 0.0140. The predicted octanol–water partition coefficient (Wildman–Crippen LogP) is 2.83. The number of fused-ring (bicyclic) bond motifs is 3. The summed E-state index contributed by atoms with van der Waals surface area (Å²) < 4.78 is 1.94. The standard InChI is InChI=1S/C22H26N6O/c1-13-10-14(2)24-19(11-13)25-16-4-3-5-17-21(16)22-26-20(29)12-18(28(22)27-17)15-6-8-23-9-7-15/h3-5,10-12,15,19,23-25H,6-9H2,1-2H3,(H,26,29). The van der Waals surface area contributed by atoms with E-state index in [9.17, 15) is 4.79 Å². The molecule has 4 N–H and O–H groups in total. The highest BCUT2D eigenvalue weighted by Crippen LogP contribution is 2.31. The zero-order valence-corrected chi connectivity index (χ0v) is 16.7. The van der Waals surface area contributed by atoms with Gasteiger partial charge in [0.05, 0.1) is 16.6 Å². The summed E-state index contributed by atoms with van der Waals surface area (Å²) in [7, 11) is 0. The minimum Gasteiger partial charge on any atom is -0.366 e. The van der Waals surface area contributed by atoms with Gasteiger partial charge in [-0.3, -0.25) is 4.79 Å². The van der Waals surface area contributed by atoms with E-state index in [2.05, 4.69) is 46.9 Å². The average molecular weight is 390 g/mol. The van der Waals surface area contributed by atoms with Crippen LogP contribution in [0.4, 0.5) is 5.69 Å². The van der Waals surface area contributed by atoms with Crippen LogP contribution >= 0.6 is 0 Å². The monoisotopic (exact) mass is 390 g/mol. The minimum atomic E-state index is -0.0760. The lowest BCUT2D eigenvalue weighted by molar-refractivity contribution is 0.446. The summed E-state index contributed by atoms with van der Waals surface area (Å²) in [6.07, 6.45) is 6.29. The van der Waals surface area contributed by atoms with E-state index in [4.69, 9.17) is 5.10 Å². The molecule has 1 saturated heterocycles. The van der Waals surface area contributed by atoms with Gasteiger partial charge in [0.1, 0.15) is 11.8 Å². The maximum Gasteiger partial charge on any atom is 0.251 e. The second kappa shape index (κ2) is 7.08. The highest BCUT2D eigenvalue weighted by atomic mass is 16.1. The molecule has 150 valence electrons. The van der Waals surface area contributed by atoms with E-state index < -0.39 is 0 Å². The fourth-order valence-corrected chi connectivity index (χ4v) is 4.54. The summed E-state index contributed by atoms with van der Waals surface area (Å²) >= 11 is 0. The molecule has 29 heavy (non-hydrogen) atoms. The third-order valence-corrected chi connectivity index (χ3v) is 5.79. The van der Waals surface area contributed by atoms with Crippen molar-refractivity contribution in [1.82, 2.24) is 25.2 Å². The molecule has 7 heteroatoms. The van der Waals surface area contributed by atoms with Gasteiger partial charge in [-0.1, -0.05) is 6.07 Å². The number of dihydropyridines is 1. The van der Waals surface area contributed by atoms with Crippen molar-refractivity contribution < 1.29 is 0 Å². The van der Waals surface area contributed by atoms with E-state index in [-0.39, 0.29) is 11.7 Å². The predicted molar refractivity (Wildman–Crippen MR) is 116 cm³/mol. The van der Waals surface area contributed by atoms with Crippen LogP contribution in [0.5, 0.6) is 0 Å². The zero-order chi connectivity index (χ0) is 20.0. The molecule has 1 fully saturated rings. The Balaban J connectivity index is 1.63. The molecule has 0 aliphatic carbocycles. The second-order valence-electron chi connectivity index (χ2n) is 8.05. The van der Waals surface area contributed by atoms with E-state index in [0.29, 0.717) is 5.92 Å². The molecule has 3 aromatic rings. The van der Waals surface area contributed by atoms with E-state index in [1.165, 1.54) is 5.57 Å². The van der Waals surface area contributed by atoms with Crippen LogP contribution < -0.4 is 21.5 Å². The fourth-order valence-electron chi connectivity index (χ4n) is 4.54. The highest BCUT2D eigenvalue weighted by molar-refractivity contribution is 6.02. The third-order valence-electron chi connectivity index (χ3n) is 5.79. The molecule has 1 aromatic carbocycles. The first kappa shape index (κ1) is 18.0. The van der Waals surface area contributed by atoms with Crippen molar-refractivity contribution in [2.75, 3.05) is 18.4 Å². The van der Waals surface area contributed by atoms with Crippen molar-refractivity contribution in [2.24, 2.45) is 0 Å². The van der Waals surface area contributed by atoms with E-state index in [1.54, 1.807) is 6.07 Å². The Labute approximate surface area is 168 Å². The van der Waals surface area contributed by atoms with Crippen LogP contribution in [0.15, 0.2) is 52.5 Å². The Morgan fingerprint density at radius 2 is 2.03 bits per heavy atom. The molecule has 0 radical (unpaired) electrons. The van der Waals surface area contributed by atoms with Crippen LogP contribution in [-0.4, -0.2) is 33.9 Å². The number of hydrogen-bond donors (Lipinski definition) is 4. The lowest BCUT2D eigenvalue weighted by Crippen LogP contribution is -2.35. The third kappa shape index (κ3) is 3.31. The first-order chi connectivity index (χ1) is 14.1. The number of hydrogen-bond acceptors (Lipinski definition) is 5. The summed E-state index contributed by atoms with van der Waals surface area (Å²) in [4.78, 5) is 15.5. The molecular formula is C22H26N6O. The summed E-state index contributed by atoms with van der Waals surface area (Å²) in [6.45, 7) is 6.10. The van der Waals surface area contributed by atoms with Gasteiger partial charge in [-0.25, -0.2) is 4.52 Å². The van der Waals surface area contributed by atoms with Gasteiger partial charge in [0.25, 0.3) is 5.56 Å². The lowest BCUT2D eigenvalue weighted by Gasteiger charge is -2.24. The van der Waals surface area contributed by atoms with E-state index in [1.807, 2.05) is 22.7 Å². The number of benzene rings is 1. The van der Waals surface area contributed by atoms with Gasteiger partial charge >= 0.3 is 0 Å². The Hall–Kier alpha value is -3.06. The molecular weight excluding hydrogens is 364 g/mol. The molecule has 0 bridgehead atoms. The van der Waals surface area contributed by atoms with Gasteiger partial charge in [0.2, 0.25) is 0 Å². The maximum atomic E-state index is 12.5. The number of rotatable bonds is 3. The van der Waals surface area contributed by atoms with Crippen LogP contribution in [-0.2, 0) is 0 Å². The van der Waals surface area contributed by atoms with Crippen LogP contribution in [0, 0.1) is 0 Å². The zero-order valence-electron chi connectivity index (χ0n) is 16.7. The molecule has 7 nitrogen and oxygen atoms in total. The number of aromatic amines is 1. The lowest BCUT2D eigenvalue weighted by atomic mass is 9.94. The fraction of sp³-hybridized carbons (Fsp3) is 0.364. The molecule has 2 aliphatic rings. The molecule has 0 saturated carbocycles. The Morgan fingerprint density at radius 3 is 2.83 bits per heavy atom. The number of aromatic nitrogens is 3. The molecule has 0 amide bonds. The molecule has 0 spiro atoms. The van der Waals surface area contributed by atoms with E-state index >= 15 is 0 Å². The number of nitrogens with one attached hydrogen (secondary N) is 4. The Morgan fingerprint density at radius 1 is 1.21 bits per heavy atom. The van der Waals surface area contributed by atoms with Crippen molar-refractivity contribution in [3.8, 4) is 0 Å². The first-order valence-electron chi connectivity index (χ1n) is 10.2. The van der Waals surface area contributed by atoms with Crippen molar-refractivity contribution in [3.63, 3.8) is 0 Å². The normalized spacial score (nSPS) is 20.4. The van der Waals surface area contributed by atoms with Crippen molar-refractivity contribution >= 4 is 22.2 Å². The molecule has 2 aliphatic heterocycles. The highest BCUT2D eigenvalue weighted by Gasteiger charge is 2.22. The first-order valence-corrected chi connectivity index (χ1v) is 10.2. The summed E-state index contributed by atoms with van der Waals surface area (Å²) in [5.41, 5.74) is 5.84. The van der Waals surface area contributed by atoms with Crippen LogP contribution in [0.2, 0.25) is 0 Å². The quantitative estimate of drug-likeness (QED) is 0.553. The average Bonchev–Trinajstić information content (AvgIpc) is 3.06. The summed E-state index contributed by atoms with van der Waals surface area (Å²) in [5, 5.41) is 16.2. The van der Waals surface area contributed by atoms with E-state index in [0.717, 1.165) is 59.6 Å². The number of piperidine rings is 1. The van der Waals surface area contributed by atoms with Crippen molar-refractivity contribution in [2.45, 2.75) is 38.8 Å². The summed E-state index contributed by atoms with van der Waals surface area (Å²) in [6, 6.07) is 7.75. The van der Waals surface area contributed by atoms with Gasteiger partial charge < -0.3 is 20.9 Å². The van der Waals surface area contributed by atoms with Crippen molar-refractivity contribution in [3.05, 3.63) is 63.7 Å². The largest absolute Gasteiger partial charge is 0.366 e. The SMILES string of the molecule is CC1=CC(Nc2cccc3nn4c(C5CCNCC5)cc(=O)[nH]c4c23)NC(C)=C1. The van der Waals surface area contributed by atoms with Gasteiger partial charge in [-0.05, 0) is 69.6 Å². The van der Waals surface area contributed by atoms with Crippen LogP contribution in [0.3, 0.4) is 0 Å². The number of allylic oxidation sites excluding steroid dienone is 3. The molecule has 1 atom stereocenters. The smallest absolute Gasteiger partial charge is 0.251 e. The Bertz CT molecular complexity index is 1200. The molecule has 5 rings (SSSR count). The van der Waals surface area contributed by atoms with Gasteiger partial charge in [0.15, 0.2) is 0 Å². The Kier molecular flexibility index (Phi) is 4.39. The van der Waals surface area contributed by atoms with Gasteiger partial charge in [0, 0.05) is 23.4 Å². The topological polar surface area (TPSA) is 86.2 Å². The number of H-pyrrole nitrogens is 1. The molecule has 1 unspecified atom stereocenters. The maximum absolute atomic E-state index is 12.5. The summed E-state index contributed by atoms with van der Waals surface area (Å²) in [5.74, 6) is 0.338. The van der Waals surface area contributed by atoms with Crippen molar-refractivity contribution in [1.29, 1.82) is 0 Å². The number of nitrogens with zero attached hydrogens (tertiary/aromatic N) is 2. The molecule has 4 heterocycles. The van der Waals surface area contributed by atoms with Crippen LogP contribution in [0.1, 0.15) is 38.3 Å². The number of anilines is 1. The molecule has 2 aromatic heterocycles. The van der Waals surface area contributed by atoms with Gasteiger partial charge in [-0.15, -0.1) is 0 Å². The van der Waals surface area contributed by atoms with Crippen LogP contribution in [0.25, 0.3) is 16.6 Å².